The number of fused-ring (bicyclic) bond motifs is 1. The predicted octanol–water partition coefficient (Wildman–Crippen LogP) is 2.92. The average Bonchev–Trinajstić information content (AvgIpc) is 2.70. The van der Waals surface area contributed by atoms with E-state index < -0.39 is 0 Å². The number of hydrogen-bond donors (Lipinski definition) is 0. The maximum Gasteiger partial charge on any atom is 0.119 e. The lowest BCUT2D eigenvalue weighted by molar-refractivity contribution is 0.132. The summed E-state index contributed by atoms with van der Waals surface area (Å²) in [4.78, 5) is 2.32. The van der Waals surface area contributed by atoms with Crippen LogP contribution in [0.1, 0.15) is 18.9 Å². The van der Waals surface area contributed by atoms with Crippen molar-refractivity contribution < 1.29 is 4.74 Å². The molecule has 18 heavy (non-hydrogen) atoms. The highest BCUT2D eigenvalue weighted by molar-refractivity contribution is 5.81. The lowest BCUT2D eigenvalue weighted by Gasteiger charge is -2.40. The molecule has 0 amide bonds. The van der Waals surface area contributed by atoms with Crippen molar-refractivity contribution in [1.29, 1.82) is 0 Å². The number of nitrogens with zero attached hydrogens (tertiary/aromatic N) is 2. The Morgan fingerprint density at radius 3 is 2.67 bits per heavy atom. The molecule has 1 aliphatic carbocycles. The largest absolute Gasteiger partial charge is 0.497 e. The van der Waals surface area contributed by atoms with Crippen molar-refractivity contribution in [3.8, 4) is 5.75 Å². The van der Waals surface area contributed by atoms with Crippen LogP contribution in [0.2, 0.25) is 0 Å². The molecule has 0 spiro atoms. The van der Waals surface area contributed by atoms with E-state index in [0.29, 0.717) is 6.04 Å². The third-order valence-electron chi connectivity index (χ3n) is 4.14. The molecule has 1 aromatic carbocycles. The first-order valence-corrected chi connectivity index (χ1v) is 6.50. The zero-order valence-electron chi connectivity index (χ0n) is 11.3. The molecule has 0 radical (unpaired) electrons. The fourth-order valence-corrected chi connectivity index (χ4v) is 2.80. The van der Waals surface area contributed by atoms with Crippen molar-refractivity contribution in [1.82, 2.24) is 9.47 Å². The summed E-state index contributed by atoms with van der Waals surface area (Å²) in [5.74, 6) is 0.931. The van der Waals surface area contributed by atoms with E-state index in [-0.39, 0.29) is 0 Å². The zero-order valence-corrected chi connectivity index (χ0v) is 11.3. The molecular weight excluding hydrogens is 224 g/mol. The topological polar surface area (TPSA) is 17.4 Å². The molecule has 1 saturated carbocycles. The second-order valence-electron chi connectivity index (χ2n) is 5.39. The summed E-state index contributed by atoms with van der Waals surface area (Å²) in [5.41, 5.74) is 1.32. The predicted molar refractivity (Wildman–Crippen MR) is 74.2 cm³/mol. The highest BCUT2D eigenvalue weighted by atomic mass is 16.5. The zero-order chi connectivity index (χ0) is 12.7. The van der Waals surface area contributed by atoms with Gasteiger partial charge in [-0.3, -0.25) is 0 Å². The Labute approximate surface area is 108 Å². The van der Waals surface area contributed by atoms with Crippen molar-refractivity contribution in [3.05, 3.63) is 30.5 Å². The van der Waals surface area contributed by atoms with E-state index in [0.717, 1.165) is 11.8 Å². The van der Waals surface area contributed by atoms with Gasteiger partial charge in [0, 0.05) is 29.2 Å². The van der Waals surface area contributed by atoms with Gasteiger partial charge in [-0.15, -0.1) is 0 Å². The standard InChI is InChI=1S/C15H20N2O/c1-16(2)12-9-13(10-12)17-7-6-11-8-14(18-3)4-5-15(11)17/h4-8,12-13H,9-10H2,1-3H3/t12-,13-. The van der Waals surface area contributed by atoms with Crippen molar-refractivity contribution in [2.45, 2.75) is 24.9 Å². The minimum atomic E-state index is 0.656. The molecule has 3 rings (SSSR count). The Balaban J connectivity index is 1.86. The number of benzene rings is 1. The second-order valence-corrected chi connectivity index (χ2v) is 5.39. The van der Waals surface area contributed by atoms with E-state index in [2.05, 4.69) is 48.0 Å². The molecule has 2 aromatic rings. The smallest absolute Gasteiger partial charge is 0.119 e. The van der Waals surface area contributed by atoms with Crippen LogP contribution in [0.25, 0.3) is 10.9 Å². The molecule has 1 fully saturated rings. The van der Waals surface area contributed by atoms with Gasteiger partial charge < -0.3 is 14.2 Å². The second kappa shape index (κ2) is 4.32. The summed E-state index contributed by atoms with van der Waals surface area (Å²) in [6.07, 6.45) is 4.71. The average molecular weight is 244 g/mol. The van der Waals surface area contributed by atoms with E-state index in [4.69, 9.17) is 4.74 Å². The fraction of sp³-hybridized carbons (Fsp3) is 0.467. The van der Waals surface area contributed by atoms with Crippen LogP contribution < -0.4 is 4.74 Å². The van der Waals surface area contributed by atoms with Crippen LogP contribution in [0.3, 0.4) is 0 Å². The fourth-order valence-electron chi connectivity index (χ4n) is 2.80. The van der Waals surface area contributed by atoms with Crippen LogP contribution in [-0.4, -0.2) is 36.7 Å². The van der Waals surface area contributed by atoms with Crippen LogP contribution in [-0.2, 0) is 0 Å². The van der Waals surface area contributed by atoms with Crippen molar-refractivity contribution in [2.24, 2.45) is 0 Å². The van der Waals surface area contributed by atoms with E-state index in [1.807, 2.05) is 6.07 Å². The maximum atomic E-state index is 5.26. The van der Waals surface area contributed by atoms with E-state index in [1.54, 1.807) is 7.11 Å². The quantitative estimate of drug-likeness (QED) is 0.826. The van der Waals surface area contributed by atoms with Crippen LogP contribution in [0, 0.1) is 0 Å². The molecule has 3 nitrogen and oxygen atoms in total. The molecule has 0 N–H and O–H groups in total. The van der Waals surface area contributed by atoms with E-state index >= 15 is 0 Å². The van der Waals surface area contributed by atoms with Crippen molar-refractivity contribution in [3.63, 3.8) is 0 Å². The van der Waals surface area contributed by atoms with Gasteiger partial charge in [-0.1, -0.05) is 0 Å². The van der Waals surface area contributed by atoms with Gasteiger partial charge in [0.25, 0.3) is 0 Å². The highest BCUT2D eigenvalue weighted by Crippen LogP contribution is 2.37. The number of methoxy groups -OCH3 is 1. The number of ether oxygens (including phenoxy) is 1. The Morgan fingerprint density at radius 2 is 2.00 bits per heavy atom. The molecule has 0 unspecified atom stereocenters. The van der Waals surface area contributed by atoms with E-state index in [9.17, 15) is 0 Å². The Hall–Kier alpha value is -1.48. The van der Waals surface area contributed by atoms with Crippen LogP contribution in [0.15, 0.2) is 30.5 Å². The van der Waals surface area contributed by atoms with Gasteiger partial charge >= 0.3 is 0 Å². The summed E-state index contributed by atoms with van der Waals surface area (Å²) < 4.78 is 7.68. The van der Waals surface area contributed by atoms with Gasteiger partial charge in [0.1, 0.15) is 5.75 Å². The first-order valence-electron chi connectivity index (χ1n) is 6.50. The van der Waals surface area contributed by atoms with Gasteiger partial charge in [-0.25, -0.2) is 0 Å². The Morgan fingerprint density at radius 1 is 1.22 bits per heavy atom. The van der Waals surface area contributed by atoms with Gasteiger partial charge in [0.15, 0.2) is 0 Å². The van der Waals surface area contributed by atoms with Crippen LogP contribution in [0.4, 0.5) is 0 Å². The summed E-state index contributed by atoms with van der Waals surface area (Å²) in [5, 5.41) is 1.27. The van der Waals surface area contributed by atoms with Gasteiger partial charge in [0.05, 0.1) is 7.11 Å². The molecule has 0 aliphatic heterocycles. The molecule has 96 valence electrons. The summed E-state index contributed by atoms with van der Waals surface area (Å²) in [6.45, 7) is 0. The van der Waals surface area contributed by atoms with Gasteiger partial charge in [-0.2, -0.15) is 0 Å². The molecule has 0 atom stereocenters. The van der Waals surface area contributed by atoms with Gasteiger partial charge in [0.2, 0.25) is 0 Å². The van der Waals surface area contributed by atoms with E-state index in [1.165, 1.54) is 23.7 Å². The van der Waals surface area contributed by atoms with Crippen LogP contribution in [0.5, 0.6) is 5.75 Å². The third kappa shape index (κ3) is 1.79. The molecule has 1 heterocycles. The lowest BCUT2D eigenvalue weighted by Crippen LogP contribution is -2.41. The molecule has 3 heteroatoms. The number of hydrogen-bond acceptors (Lipinski definition) is 2. The normalized spacial score (nSPS) is 23.3. The van der Waals surface area contributed by atoms with Crippen molar-refractivity contribution >= 4 is 10.9 Å². The third-order valence-corrected chi connectivity index (χ3v) is 4.14. The maximum absolute atomic E-state index is 5.26. The summed E-state index contributed by atoms with van der Waals surface area (Å²) >= 11 is 0. The van der Waals surface area contributed by atoms with Crippen LogP contribution >= 0.6 is 0 Å². The first-order chi connectivity index (χ1) is 8.69. The minimum Gasteiger partial charge on any atom is -0.497 e. The SMILES string of the molecule is COc1ccc2c(ccn2[C@H]2C[C@H](N(C)C)C2)c1. The molecule has 1 aliphatic rings. The molecule has 1 aromatic heterocycles. The Kier molecular flexibility index (Phi) is 2.78. The van der Waals surface area contributed by atoms with Gasteiger partial charge in [-0.05, 0) is 51.2 Å². The first kappa shape index (κ1) is 11.6. The monoisotopic (exact) mass is 244 g/mol. The minimum absolute atomic E-state index is 0.656. The summed E-state index contributed by atoms with van der Waals surface area (Å²) in [6, 6.07) is 9.89. The lowest BCUT2D eigenvalue weighted by atomic mass is 9.85. The number of rotatable bonds is 3. The summed E-state index contributed by atoms with van der Waals surface area (Å²) in [7, 11) is 6.05. The molecule has 0 saturated heterocycles. The van der Waals surface area contributed by atoms with Crippen molar-refractivity contribution in [2.75, 3.05) is 21.2 Å². The Bertz CT molecular complexity index is 553. The molecular formula is C15H20N2O. The molecule has 0 bridgehead atoms. The number of aromatic nitrogens is 1. The highest BCUT2D eigenvalue weighted by Gasteiger charge is 2.32.